The summed E-state index contributed by atoms with van der Waals surface area (Å²) in [6.45, 7) is 7.93. The Hall–Kier alpha value is -2.34. The van der Waals surface area contributed by atoms with E-state index >= 15 is 0 Å². The first-order valence-corrected chi connectivity index (χ1v) is 10.3. The van der Waals surface area contributed by atoms with E-state index in [2.05, 4.69) is 5.32 Å². The lowest BCUT2D eigenvalue weighted by molar-refractivity contribution is 0.0919. The molecule has 0 aromatic heterocycles. The molecule has 2 rings (SSSR count). The monoisotopic (exact) mass is 374 g/mol. The van der Waals surface area contributed by atoms with Crippen LogP contribution in [-0.2, 0) is 16.6 Å². The molecule has 2 aromatic carbocycles. The number of carbonyl (C=O) groups excluding carboxylic acids is 1. The molecule has 1 amide bonds. The number of benzene rings is 2. The van der Waals surface area contributed by atoms with Crippen molar-refractivity contribution in [3.8, 4) is 0 Å². The normalized spacial score (nSPS) is 11.9. The van der Waals surface area contributed by atoms with Gasteiger partial charge in [0.1, 0.15) is 0 Å². The van der Waals surface area contributed by atoms with Gasteiger partial charge in [0.05, 0.1) is 18.5 Å². The summed E-state index contributed by atoms with van der Waals surface area (Å²) in [6, 6.07) is 14.3. The van der Waals surface area contributed by atoms with Crippen LogP contribution in [-0.4, -0.2) is 26.1 Å². The van der Waals surface area contributed by atoms with E-state index in [1.807, 2.05) is 52.0 Å². The molecule has 1 N–H and O–H groups in total. The Labute approximate surface area is 156 Å². The Morgan fingerprint density at radius 1 is 1.04 bits per heavy atom. The molecule has 0 saturated heterocycles. The van der Waals surface area contributed by atoms with Crippen molar-refractivity contribution >= 4 is 21.6 Å². The third kappa shape index (κ3) is 5.33. The smallest absolute Gasteiger partial charge is 0.251 e. The van der Waals surface area contributed by atoms with Crippen molar-refractivity contribution in [2.45, 2.75) is 39.8 Å². The molecule has 0 saturated carbocycles. The Balaban J connectivity index is 2.30. The molecule has 0 atom stereocenters. The molecule has 0 radical (unpaired) electrons. The summed E-state index contributed by atoms with van der Waals surface area (Å²) in [5, 5.41) is 2.89. The molecule has 0 heterocycles. The Morgan fingerprint density at radius 3 is 2.12 bits per heavy atom. The molecule has 140 valence electrons. The van der Waals surface area contributed by atoms with E-state index in [1.54, 1.807) is 24.3 Å². The Bertz CT molecular complexity index is 882. The lowest BCUT2D eigenvalue weighted by Gasteiger charge is -2.24. The minimum Gasteiger partial charge on any atom is -0.347 e. The van der Waals surface area contributed by atoms with E-state index in [4.69, 9.17) is 0 Å². The number of anilines is 1. The van der Waals surface area contributed by atoms with Crippen molar-refractivity contribution in [1.29, 1.82) is 0 Å². The van der Waals surface area contributed by atoms with Gasteiger partial charge in [-0.05, 0) is 63.1 Å². The second-order valence-corrected chi connectivity index (χ2v) is 9.35. The van der Waals surface area contributed by atoms with Crippen molar-refractivity contribution in [3.05, 3.63) is 65.2 Å². The topological polar surface area (TPSA) is 66.5 Å². The molecule has 0 aliphatic heterocycles. The molecule has 0 aliphatic carbocycles. The number of sulfonamides is 1. The van der Waals surface area contributed by atoms with E-state index in [-0.39, 0.29) is 18.0 Å². The standard InChI is InChI=1S/C20H26N2O3S/c1-15-8-6-7-9-17(15)14-22(26(5,24)25)18-12-10-16(11-13-18)19(23)21-20(2,3)4/h6-13H,14H2,1-5H3,(H,21,23). The average Bonchev–Trinajstić information content (AvgIpc) is 2.51. The summed E-state index contributed by atoms with van der Waals surface area (Å²) in [6.07, 6.45) is 1.19. The predicted octanol–water partition coefficient (Wildman–Crippen LogP) is 3.49. The van der Waals surface area contributed by atoms with Crippen LogP contribution in [0.15, 0.2) is 48.5 Å². The minimum atomic E-state index is -3.46. The van der Waals surface area contributed by atoms with Gasteiger partial charge in [-0.1, -0.05) is 24.3 Å². The highest BCUT2D eigenvalue weighted by atomic mass is 32.2. The average molecular weight is 375 g/mol. The van der Waals surface area contributed by atoms with Gasteiger partial charge in [-0.3, -0.25) is 9.10 Å². The van der Waals surface area contributed by atoms with E-state index in [0.717, 1.165) is 11.1 Å². The second kappa shape index (κ2) is 7.50. The van der Waals surface area contributed by atoms with E-state index in [0.29, 0.717) is 11.3 Å². The minimum absolute atomic E-state index is 0.186. The van der Waals surface area contributed by atoms with Crippen LogP contribution in [0.4, 0.5) is 5.69 Å². The number of hydrogen-bond acceptors (Lipinski definition) is 3. The van der Waals surface area contributed by atoms with Gasteiger partial charge in [-0.2, -0.15) is 0 Å². The predicted molar refractivity (Wildman–Crippen MR) is 106 cm³/mol. The summed E-state index contributed by atoms with van der Waals surface area (Å²) in [5.41, 5.74) is 2.66. The summed E-state index contributed by atoms with van der Waals surface area (Å²) in [7, 11) is -3.46. The largest absolute Gasteiger partial charge is 0.347 e. The summed E-state index contributed by atoms with van der Waals surface area (Å²) in [5.74, 6) is -0.186. The highest BCUT2D eigenvalue weighted by Crippen LogP contribution is 2.22. The zero-order chi connectivity index (χ0) is 19.5. The zero-order valence-electron chi connectivity index (χ0n) is 15.9. The number of rotatable bonds is 5. The maximum atomic E-state index is 12.3. The van der Waals surface area contributed by atoms with Crippen molar-refractivity contribution < 1.29 is 13.2 Å². The SMILES string of the molecule is Cc1ccccc1CN(c1ccc(C(=O)NC(C)(C)C)cc1)S(C)(=O)=O. The summed E-state index contributed by atoms with van der Waals surface area (Å²) in [4.78, 5) is 12.2. The van der Waals surface area contributed by atoms with Crippen LogP contribution < -0.4 is 9.62 Å². The van der Waals surface area contributed by atoms with Gasteiger partial charge in [-0.15, -0.1) is 0 Å². The fourth-order valence-electron chi connectivity index (χ4n) is 2.53. The number of hydrogen-bond donors (Lipinski definition) is 1. The first-order valence-electron chi connectivity index (χ1n) is 8.42. The molecule has 0 spiro atoms. The maximum absolute atomic E-state index is 12.3. The van der Waals surface area contributed by atoms with Crippen LogP contribution in [0.3, 0.4) is 0 Å². The van der Waals surface area contributed by atoms with Gasteiger partial charge in [0, 0.05) is 11.1 Å². The number of carbonyl (C=O) groups is 1. The van der Waals surface area contributed by atoms with Crippen LogP contribution >= 0.6 is 0 Å². The van der Waals surface area contributed by atoms with Crippen LogP contribution in [0, 0.1) is 6.92 Å². The Kier molecular flexibility index (Phi) is 5.76. The highest BCUT2D eigenvalue weighted by molar-refractivity contribution is 7.92. The third-order valence-electron chi connectivity index (χ3n) is 3.88. The fourth-order valence-corrected chi connectivity index (χ4v) is 3.41. The number of amides is 1. The summed E-state index contributed by atoms with van der Waals surface area (Å²) >= 11 is 0. The van der Waals surface area contributed by atoms with Gasteiger partial charge in [0.15, 0.2) is 0 Å². The van der Waals surface area contributed by atoms with Gasteiger partial charge >= 0.3 is 0 Å². The maximum Gasteiger partial charge on any atom is 0.251 e. The lowest BCUT2D eigenvalue weighted by atomic mass is 10.1. The molecule has 26 heavy (non-hydrogen) atoms. The molecule has 0 fully saturated rings. The van der Waals surface area contributed by atoms with Crippen LogP contribution in [0.1, 0.15) is 42.3 Å². The molecular formula is C20H26N2O3S. The summed E-state index contributed by atoms with van der Waals surface area (Å²) < 4.78 is 25.9. The van der Waals surface area contributed by atoms with Gasteiger partial charge in [0.25, 0.3) is 5.91 Å². The number of aryl methyl sites for hydroxylation is 1. The lowest BCUT2D eigenvalue weighted by Crippen LogP contribution is -2.40. The van der Waals surface area contributed by atoms with E-state index in [9.17, 15) is 13.2 Å². The quantitative estimate of drug-likeness (QED) is 0.871. The van der Waals surface area contributed by atoms with Crippen LogP contribution in [0.25, 0.3) is 0 Å². The first kappa shape index (κ1) is 20.0. The van der Waals surface area contributed by atoms with Crippen molar-refractivity contribution in [2.75, 3.05) is 10.6 Å². The zero-order valence-corrected chi connectivity index (χ0v) is 16.7. The van der Waals surface area contributed by atoms with Crippen molar-refractivity contribution in [2.24, 2.45) is 0 Å². The molecule has 0 bridgehead atoms. The molecule has 0 unspecified atom stereocenters. The Morgan fingerprint density at radius 2 is 1.62 bits per heavy atom. The van der Waals surface area contributed by atoms with Gasteiger partial charge in [-0.25, -0.2) is 8.42 Å². The fraction of sp³-hybridized carbons (Fsp3) is 0.350. The van der Waals surface area contributed by atoms with Gasteiger partial charge in [0.2, 0.25) is 10.0 Å². The van der Waals surface area contributed by atoms with Crippen LogP contribution in [0.5, 0.6) is 0 Å². The molecular weight excluding hydrogens is 348 g/mol. The number of nitrogens with one attached hydrogen (secondary N) is 1. The highest BCUT2D eigenvalue weighted by Gasteiger charge is 2.20. The van der Waals surface area contributed by atoms with Crippen molar-refractivity contribution in [1.82, 2.24) is 5.32 Å². The number of nitrogens with zero attached hydrogens (tertiary/aromatic N) is 1. The van der Waals surface area contributed by atoms with E-state index in [1.165, 1.54) is 10.6 Å². The van der Waals surface area contributed by atoms with Gasteiger partial charge < -0.3 is 5.32 Å². The third-order valence-corrected chi connectivity index (χ3v) is 5.02. The molecule has 6 heteroatoms. The van der Waals surface area contributed by atoms with Crippen molar-refractivity contribution in [3.63, 3.8) is 0 Å². The molecule has 0 aliphatic rings. The molecule has 2 aromatic rings. The van der Waals surface area contributed by atoms with Crippen LogP contribution in [0.2, 0.25) is 0 Å². The first-order chi connectivity index (χ1) is 12.0. The molecule has 5 nitrogen and oxygen atoms in total. The van der Waals surface area contributed by atoms with E-state index < -0.39 is 10.0 Å². The second-order valence-electron chi connectivity index (χ2n) is 7.45.